The number of nitrogens with zero attached hydrogens (tertiary/aromatic N) is 2. The van der Waals surface area contributed by atoms with Crippen LogP contribution in [0.2, 0.25) is 0 Å². The van der Waals surface area contributed by atoms with Gasteiger partial charge in [0, 0.05) is 11.3 Å². The van der Waals surface area contributed by atoms with E-state index < -0.39 is 5.25 Å². The number of nitrogens with two attached hydrogens (primary N) is 1. The van der Waals surface area contributed by atoms with E-state index in [1.54, 1.807) is 24.3 Å². The van der Waals surface area contributed by atoms with Gasteiger partial charge in [-0.25, -0.2) is 0 Å². The molecule has 0 spiro atoms. The lowest BCUT2D eigenvalue weighted by molar-refractivity contribution is -0.115. The Bertz CT molecular complexity index is 928. The summed E-state index contributed by atoms with van der Waals surface area (Å²) < 4.78 is 0.615. The molecule has 0 saturated heterocycles. The highest BCUT2D eigenvalue weighted by Crippen LogP contribution is 2.38. The first-order chi connectivity index (χ1) is 12.5. The fourth-order valence-electron chi connectivity index (χ4n) is 2.29. The molecule has 0 aliphatic rings. The second-order valence-electron chi connectivity index (χ2n) is 5.44. The molecule has 1 aromatic heterocycles. The summed E-state index contributed by atoms with van der Waals surface area (Å²) in [5.41, 5.74) is 7.59. The molecule has 1 atom stereocenters. The lowest BCUT2D eigenvalue weighted by Crippen LogP contribution is -2.19. The van der Waals surface area contributed by atoms with Crippen molar-refractivity contribution >= 4 is 45.6 Å². The lowest BCUT2D eigenvalue weighted by Gasteiger charge is -2.16. The predicted octanol–water partition coefficient (Wildman–Crippen LogP) is 3.80. The van der Waals surface area contributed by atoms with Crippen LogP contribution in [0.3, 0.4) is 0 Å². The van der Waals surface area contributed by atoms with Crippen molar-refractivity contribution < 1.29 is 9.59 Å². The molecular weight excluding hydrogens is 368 g/mol. The van der Waals surface area contributed by atoms with E-state index >= 15 is 0 Å². The molecule has 132 valence electrons. The smallest absolute Gasteiger partial charge is 0.242 e. The topological polar surface area (TPSA) is 98.0 Å². The molecule has 0 radical (unpaired) electrons. The Kier molecular flexibility index (Phi) is 5.65. The second-order valence-corrected chi connectivity index (χ2v) is 7.80. The van der Waals surface area contributed by atoms with E-state index in [1.165, 1.54) is 30.0 Å². The Balaban J connectivity index is 1.85. The van der Waals surface area contributed by atoms with Gasteiger partial charge in [0.25, 0.3) is 0 Å². The van der Waals surface area contributed by atoms with Gasteiger partial charge in [0.15, 0.2) is 10.1 Å². The highest BCUT2D eigenvalue weighted by molar-refractivity contribution is 8.02. The van der Waals surface area contributed by atoms with Crippen molar-refractivity contribution in [3.05, 3.63) is 65.7 Å². The summed E-state index contributed by atoms with van der Waals surface area (Å²) in [6, 6.07) is 16.3. The van der Waals surface area contributed by atoms with Gasteiger partial charge in [-0.2, -0.15) is 0 Å². The number of rotatable bonds is 6. The Labute approximate surface area is 158 Å². The quantitative estimate of drug-likeness (QED) is 0.495. The van der Waals surface area contributed by atoms with Crippen LogP contribution in [0, 0.1) is 0 Å². The third kappa shape index (κ3) is 4.47. The van der Waals surface area contributed by atoms with Crippen molar-refractivity contribution in [1.29, 1.82) is 0 Å². The normalized spacial score (nSPS) is 11.7. The number of thioether (sulfide) groups is 1. The minimum absolute atomic E-state index is 0.0561. The fourth-order valence-corrected chi connectivity index (χ4v) is 4.12. The summed E-state index contributed by atoms with van der Waals surface area (Å²) in [7, 11) is 0. The number of nitrogen functional groups attached to an aromatic ring is 1. The molecule has 2 aromatic carbocycles. The van der Waals surface area contributed by atoms with E-state index in [0.29, 0.717) is 20.7 Å². The maximum atomic E-state index is 12.9. The third-order valence-corrected chi connectivity index (χ3v) is 5.61. The molecule has 3 aromatic rings. The number of carbonyl (C=O) groups excluding carboxylic acids is 2. The van der Waals surface area contributed by atoms with Crippen molar-refractivity contribution in [2.45, 2.75) is 16.5 Å². The molecule has 6 nitrogen and oxygen atoms in total. The number of amides is 1. The molecule has 3 rings (SSSR count). The number of hydrogen-bond acceptors (Lipinski definition) is 7. The van der Waals surface area contributed by atoms with Gasteiger partial charge in [-0.15, -0.1) is 10.2 Å². The van der Waals surface area contributed by atoms with Crippen LogP contribution in [0.5, 0.6) is 0 Å². The van der Waals surface area contributed by atoms with E-state index in [0.717, 1.165) is 5.56 Å². The average molecular weight is 384 g/mol. The fraction of sp³-hybridized carbons (Fsp3) is 0.111. The van der Waals surface area contributed by atoms with Crippen molar-refractivity contribution in [2.24, 2.45) is 0 Å². The Morgan fingerprint density at radius 2 is 1.88 bits per heavy atom. The largest absolute Gasteiger partial charge is 0.374 e. The van der Waals surface area contributed by atoms with Gasteiger partial charge >= 0.3 is 0 Å². The first-order valence-electron chi connectivity index (χ1n) is 7.75. The third-order valence-electron chi connectivity index (χ3n) is 3.52. The SMILES string of the molecule is CC(=O)c1cccc(NC(=O)C(Sc2nnc(N)s2)c2ccccc2)c1. The van der Waals surface area contributed by atoms with Crippen LogP contribution in [-0.4, -0.2) is 21.9 Å². The molecule has 0 saturated carbocycles. The van der Waals surface area contributed by atoms with Gasteiger partial charge in [0.1, 0.15) is 5.25 Å². The van der Waals surface area contributed by atoms with Crippen molar-refractivity contribution in [3.8, 4) is 0 Å². The maximum Gasteiger partial charge on any atom is 0.242 e. The van der Waals surface area contributed by atoms with E-state index in [-0.39, 0.29) is 11.7 Å². The van der Waals surface area contributed by atoms with Crippen LogP contribution in [-0.2, 0) is 4.79 Å². The molecule has 0 bridgehead atoms. The first-order valence-corrected chi connectivity index (χ1v) is 9.45. The van der Waals surface area contributed by atoms with Gasteiger partial charge in [-0.05, 0) is 24.6 Å². The van der Waals surface area contributed by atoms with Crippen LogP contribution in [0.1, 0.15) is 28.1 Å². The second kappa shape index (κ2) is 8.11. The summed E-state index contributed by atoms with van der Waals surface area (Å²) >= 11 is 2.52. The number of ketones is 1. The minimum atomic E-state index is -0.524. The Hall–Kier alpha value is -2.71. The monoisotopic (exact) mass is 384 g/mol. The zero-order valence-corrected chi connectivity index (χ0v) is 15.5. The van der Waals surface area contributed by atoms with Gasteiger partial charge < -0.3 is 11.1 Å². The number of hydrogen-bond donors (Lipinski definition) is 2. The number of anilines is 2. The van der Waals surface area contributed by atoms with Gasteiger partial charge in [-0.1, -0.05) is 65.6 Å². The van der Waals surface area contributed by atoms with Crippen LogP contribution in [0.25, 0.3) is 0 Å². The van der Waals surface area contributed by atoms with Gasteiger partial charge in [0.2, 0.25) is 11.0 Å². The van der Waals surface area contributed by atoms with Crippen LogP contribution < -0.4 is 11.1 Å². The van der Waals surface area contributed by atoms with Crippen molar-refractivity contribution in [3.63, 3.8) is 0 Å². The van der Waals surface area contributed by atoms with E-state index in [9.17, 15) is 9.59 Å². The van der Waals surface area contributed by atoms with Crippen molar-refractivity contribution in [2.75, 3.05) is 11.1 Å². The molecule has 0 fully saturated rings. The van der Waals surface area contributed by atoms with Crippen molar-refractivity contribution in [1.82, 2.24) is 10.2 Å². The molecule has 1 unspecified atom stereocenters. The highest BCUT2D eigenvalue weighted by Gasteiger charge is 2.24. The number of aromatic nitrogens is 2. The molecule has 0 aliphatic carbocycles. The van der Waals surface area contributed by atoms with E-state index in [2.05, 4.69) is 15.5 Å². The van der Waals surface area contributed by atoms with Crippen LogP contribution in [0.15, 0.2) is 58.9 Å². The summed E-state index contributed by atoms with van der Waals surface area (Å²) in [6.07, 6.45) is 0. The van der Waals surface area contributed by atoms with Gasteiger partial charge in [0.05, 0.1) is 0 Å². The molecule has 1 heterocycles. The lowest BCUT2D eigenvalue weighted by atomic mass is 10.1. The minimum Gasteiger partial charge on any atom is -0.374 e. The van der Waals surface area contributed by atoms with Gasteiger partial charge in [-0.3, -0.25) is 9.59 Å². The van der Waals surface area contributed by atoms with E-state index in [4.69, 9.17) is 5.73 Å². The Morgan fingerprint density at radius 1 is 1.12 bits per heavy atom. The summed E-state index contributed by atoms with van der Waals surface area (Å²) in [5.74, 6) is -0.268. The molecule has 26 heavy (non-hydrogen) atoms. The average Bonchev–Trinajstić information content (AvgIpc) is 3.05. The number of Topliss-reactive ketones (excluding diaryl/α,β-unsaturated/α-hetero) is 1. The zero-order chi connectivity index (χ0) is 18.5. The summed E-state index contributed by atoms with van der Waals surface area (Å²) in [6.45, 7) is 1.49. The number of nitrogens with one attached hydrogen (secondary N) is 1. The standard InChI is InChI=1S/C18H16N4O2S2/c1-11(23)13-8-5-9-14(10-13)20-16(24)15(12-6-3-2-4-7-12)25-18-22-21-17(19)26-18/h2-10,15H,1H3,(H2,19,21)(H,20,24). The maximum absolute atomic E-state index is 12.9. The first kappa shape index (κ1) is 18.1. The highest BCUT2D eigenvalue weighted by atomic mass is 32.2. The number of carbonyl (C=O) groups is 2. The molecule has 8 heteroatoms. The van der Waals surface area contributed by atoms with Crippen LogP contribution >= 0.6 is 23.1 Å². The summed E-state index contributed by atoms with van der Waals surface area (Å²) in [5, 5.41) is 10.5. The Morgan fingerprint density at radius 3 is 2.54 bits per heavy atom. The molecular formula is C18H16N4O2S2. The summed E-state index contributed by atoms with van der Waals surface area (Å²) in [4.78, 5) is 24.5. The molecule has 3 N–H and O–H groups in total. The van der Waals surface area contributed by atoms with E-state index in [1.807, 2.05) is 30.3 Å². The van der Waals surface area contributed by atoms with Crippen LogP contribution in [0.4, 0.5) is 10.8 Å². The zero-order valence-electron chi connectivity index (χ0n) is 13.9. The molecule has 1 amide bonds. The predicted molar refractivity (Wildman–Crippen MR) is 104 cm³/mol. The molecule has 0 aliphatic heterocycles. The number of benzene rings is 2.